The van der Waals surface area contributed by atoms with Gasteiger partial charge in [0.2, 0.25) is 0 Å². The highest BCUT2D eigenvalue weighted by molar-refractivity contribution is 6.03. The summed E-state index contributed by atoms with van der Waals surface area (Å²) in [6.07, 6.45) is 2.15. The average molecular weight is 427 g/mol. The molecule has 0 saturated carbocycles. The monoisotopic (exact) mass is 426 g/mol. The summed E-state index contributed by atoms with van der Waals surface area (Å²) in [4.78, 5) is 32.3. The van der Waals surface area contributed by atoms with E-state index in [0.29, 0.717) is 29.5 Å². The second-order valence-corrected chi connectivity index (χ2v) is 7.71. The molecule has 0 spiro atoms. The molecule has 0 unspecified atom stereocenters. The van der Waals surface area contributed by atoms with Crippen LogP contribution in [-0.4, -0.2) is 33.9 Å². The lowest BCUT2D eigenvalue weighted by atomic mass is 9.89. The molecule has 30 heavy (non-hydrogen) atoms. The van der Waals surface area contributed by atoms with Crippen molar-refractivity contribution in [3.05, 3.63) is 87.6 Å². The zero-order chi connectivity index (χ0) is 20.2. The van der Waals surface area contributed by atoms with E-state index in [0.717, 1.165) is 31.5 Å². The molecule has 4 rings (SSSR count). The van der Waals surface area contributed by atoms with Gasteiger partial charge in [-0.25, -0.2) is 4.79 Å². The van der Waals surface area contributed by atoms with Crippen molar-refractivity contribution >= 4 is 24.0 Å². The van der Waals surface area contributed by atoms with Crippen molar-refractivity contribution in [1.29, 1.82) is 0 Å². The lowest BCUT2D eigenvalue weighted by Gasteiger charge is -2.32. The molecule has 1 saturated heterocycles. The Hall–Kier alpha value is -2.83. The Labute approximate surface area is 182 Å². The van der Waals surface area contributed by atoms with E-state index in [-0.39, 0.29) is 24.0 Å². The standard InChI is InChI=1S/C23H26N4O2.ClH/c1-16-7-9-19(10-8-16)24-22(28)21-20(25-23(29)26-21)15-27-13-11-18(12-14-27)17-5-3-2-4-6-17;/h2-10,18H,11-15H2,1H3,(H,24,28)(H2,25,26,29);1H. The number of likely N-dealkylation sites (tertiary alicyclic amines) is 1. The number of H-pyrrole nitrogens is 2. The van der Waals surface area contributed by atoms with Gasteiger partial charge < -0.3 is 15.3 Å². The Kier molecular flexibility index (Phi) is 7.13. The minimum Gasteiger partial charge on any atom is -0.321 e. The Morgan fingerprint density at radius 2 is 1.70 bits per heavy atom. The number of aromatic nitrogens is 2. The number of aromatic amines is 2. The second kappa shape index (κ2) is 9.78. The van der Waals surface area contributed by atoms with Gasteiger partial charge in [-0.15, -0.1) is 12.4 Å². The number of halogens is 1. The molecule has 1 fully saturated rings. The van der Waals surface area contributed by atoms with E-state index in [4.69, 9.17) is 0 Å². The number of nitrogens with zero attached hydrogens (tertiary/aromatic N) is 1. The van der Waals surface area contributed by atoms with Crippen molar-refractivity contribution in [2.45, 2.75) is 32.2 Å². The van der Waals surface area contributed by atoms with Crippen LogP contribution in [0.3, 0.4) is 0 Å². The van der Waals surface area contributed by atoms with Crippen LogP contribution in [0.25, 0.3) is 0 Å². The van der Waals surface area contributed by atoms with Crippen molar-refractivity contribution in [2.75, 3.05) is 18.4 Å². The molecule has 0 atom stereocenters. The van der Waals surface area contributed by atoms with Crippen molar-refractivity contribution in [3.8, 4) is 0 Å². The lowest BCUT2D eigenvalue weighted by Crippen LogP contribution is -2.33. The van der Waals surface area contributed by atoms with Crippen LogP contribution in [0.15, 0.2) is 59.4 Å². The van der Waals surface area contributed by atoms with Crippen LogP contribution in [0.4, 0.5) is 5.69 Å². The number of nitrogens with one attached hydrogen (secondary N) is 3. The summed E-state index contributed by atoms with van der Waals surface area (Å²) in [6, 6.07) is 18.2. The van der Waals surface area contributed by atoms with E-state index in [9.17, 15) is 9.59 Å². The fourth-order valence-corrected chi connectivity index (χ4v) is 3.94. The summed E-state index contributed by atoms with van der Waals surface area (Å²) in [5.41, 5.74) is 3.81. The summed E-state index contributed by atoms with van der Waals surface area (Å²) >= 11 is 0. The normalized spacial score (nSPS) is 14.8. The summed E-state index contributed by atoms with van der Waals surface area (Å²) in [6.45, 7) is 4.42. The number of piperidine rings is 1. The molecule has 7 heteroatoms. The first-order valence-electron chi connectivity index (χ1n) is 10.0. The number of imidazole rings is 1. The van der Waals surface area contributed by atoms with E-state index >= 15 is 0 Å². The van der Waals surface area contributed by atoms with Crippen LogP contribution in [-0.2, 0) is 6.54 Å². The van der Waals surface area contributed by atoms with Crippen LogP contribution < -0.4 is 11.0 Å². The van der Waals surface area contributed by atoms with E-state index in [1.807, 2.05) is 37.3 Å². The van der Waals surface area contributed by atoms with Crippen LogP contribution >= 0.6 is 12.4 Å². The Balaban J connectivity index is 0.00000256. The molecule has 2 heterocycles. The highest BCUT2D eigenvalue weighted by Crippen LogP contribution is 2.28. The highest BCUT2D eigenvalue weighted by Gasteiger charge is 2.23. The van der Waals surface area contributed by atoms with E-state index in [2.05, 4.69) is 44.5 Å². The maximum absolute atomic E-state index is 12.7. The summed E-state index contributed by atoms with van der Waals surface area (Å²) in [5, 5.41) is 2.86. The van der Waals surface area contributed by atoms with Crippen LogP contribution in [0.1, 0.15) is 46.1 Å². The Bertz CT molecular complexity index is 1020. The van der Waals surface area contributed by atoms with Gasteiger partial charge in [-0.1, -0.05) is 48.0 Å². The summed E-state index contributed by atoms with van der Waals surface area (Å²) in [7, 11) is 0. The van der Waals surface area contributed by atoms with E-state index in [1.54, 1.807) is 0 Å². The number of carbonyl (C=O) groups excluding carboxylic acids is 1. The molecule has 3 aromatic rings. The number of anilines is 1. The smallest absolute Gasteiger partial charge is 0.321 e. The topological polar surface area (TPSA) is 81.0 Å². The zero-order valence-electron chi connectivity index (χ0n) is 17.0. The van der Waals surface area contributed by atoms with Crippen LogP contribution in [0.5, 0.6) is 0 Å². The van der Waals surface area contributed by atoms with Gasteiger partial charge in [-0.3, -0.25) is 9.69 Å². The molecule has 1 amide bonds. The van der Waals surface area contributed by atoms with Crippen molar-refractivity contribution in [3.63, 3.8) is 0 Å². The molecular formula is C23H27ClN4O2. The number of carbonyl (C=O) groups is 1. The molecule has 2 aromatic carbocycles. The number of hydrogen-bond donors (Lipinski definition) is 3. The number of aryl methyl sites for hydroxylation is 1. The maximum Gasteiger partial charge on any atom is 0.323 e. The third kappa shape index (κ3) is 5.20. The van der Waals surface area contributed by atoms with Crippen molar-refractivity contribution < 1.29 is 4.79 Å². The average Bonchev–Trinajstić information content (AvgIpc) is 3.11. The predicted octanol–water partition coefficient (Wildman–Crippen LogP) is 4.07. The highest BCUT2D eigenvalue weighted by atomic mass is 35.5. The Morgan fingerprint density at radius 3 is 2.37 bits per heavy atom. The molecule has 1 aromatic heterocycles. The molecule has 1 aliphatic heterocycles. The first-order valence-corrected chi connectivity index (χ1v) is 10.0. The first kappa shape index (κ1) is 21.9. The quantitative estimate of drug-likeness (QED) is 0.575. The third-order valence-electron chi connectivity index (χ3n) is 5.58. The maximum atomic E-state index is 12.7. The molecule has 6 nitrogen and oxygen atoms in total. The molecule has 3 N–H and O–H groups in total. The molecule has 0 radical (unpaired) electrons. The van der Waals surface area contributed by atoms with Crippen molar-refractivity contribution in [1.82, 2.24) is 14.9 Å². The third-order valence-corrected chi connectivity index (χ3v) is 5.58. The van der Waals surface area contributed by atoms with Crippen molar-refractivity contribution in [2.24, 2.45) is 0 Å². The SMILES string of the molecule is Cc1ccc(NC(=O)c2[nH]c(=O)[nH]c2CN2CCC(c3ccccc3)CC2)cc1.Cl. The van der Waals surface area contributed by atoms with Gasteiger partial charge in [0.25, 0.3) is 5.91 Å². The minimum atomic E-state index is -0.353. The number of benzene rings is 2. The van der Waals surface area contributed by atoms with Gasteiger partial charge >= 0.3 is 5.69 Å². The second-order valence-electron chi connectivity index (χ2n) is 7.71. The Morgan fingerprint density at radius 1 is 1.03 bits per heavy atom. The molecule has 158 valence electrons. The van der Waals surface area contributed by atoms with Gasteiger partial charge in [0.15, 0.2) is 0 Å². The summed E-state index contributed by atoms with van der Waals surface area (Å²) < 4.78 is 0. The fourth-order valence-electron chi connectivity index (χ4n) is 3.94. The summed E-state index contributed by atoms with van der Waals surface area (Å²) in [5.74, 6) is 0.267. The fraction of sp³-hybridized carbons (Fsp3) is 0.304. The van der Waals surface area contributed by atoms with Crippen LogP contribution in [0.2, 0.25) is 0 Å². The first-order chi connectivity index (χ1) is 14.1. The lowest BCUT2D eigenvalue weighted by molar-refractivity contribution is 0.102. The van der Waals surface area contributed by atoms with Gasteiger partial charge in [-0.05, 0) is 56.5 Å². The van der Waals surface area contributed by atoms with Gasteiger partial charge in [0.1, 0.15) is 5.69 Å². The molecule has 1 aliphatic rings. The number of hydrogen-bond acceptors (Lipinski definition) is 3. The minimum absolute atomic E-state index is 0. The van der Waals surface area contributed by atoms with Crippen LogP contribution in [0, 0.1) is 6.92 Å². The molecular weight excluding hydrogens is 400 g/mol. The van der Waals surface area contributed by atoms with Gasteiger partial charge in [0.05, 0.1) is 5.69 Å². The van der Waals surface area contributed by atoms with E-state index < -0.39 is 0 Å². The van der Waals surface area contributed by atoms with Gasteiger partial charge in [0, 0.05) is 12.2 Å². The van der Waals surface area contributed by atoms with E-state index in [1.165, 1.54) is 5.56 Å². The molecule has 0 aliphatic carbocycles. The largest absolute Gasteiger partial charge is 0.323 e. The number of rotatable bonds is 5. The molecule has 0 bridgehead atoms. The predicted molar refractivity (Wildman–Crippen MR) is 121 cm³/mol. The van der Waals surface area contributed by atoms with Gasteiger partial charge in [-0.2, -0.15) is 0 Å². The number of amides is 1. The zero-order valence-corrected chi connectivity index (χ0v) is 17.8.